The summed E-state index contributed by atoms with van der Waals surface area (Å²) in [6, 6.07) is 25.9. The van der Waals surface area contributed by atoms with Crippen LogP contribution in [0, 0.1) is 0 Å². The maximum Gasteiger partial charge on any atom is 2.00 e. The van der Waals surface area contributed by atoms with Gasteiger partial charge in [-0.25, -0.2) is 4.98 Å². The third-order valence-electron chi connectivity index (χ3n) is 6.79. The molecule has 0 fully saturated rings. The van der Waals surface area contributed by atoms with Gasteiger partial charge in [0.15, 0.2) is 12.9 Å². The van der Waals surface area contributed by atoms with Crippen molar-refractivity contribution in [1.82, 2.24) is 4.98 Å². The second-order valence-corrected chi connectivity index (χ2v) is 11.6. The van der Waals surface area contributed by atoms with Gasteiger partial charge in [0.1, 0.15) is 11.0 Å². The smallest absolute Gasteiger partial charge is 1.00 e. The van der Waals surface area contributed by atoms with Crippen LogP contribution in [-0.2, 0) is 25.6 Å². The Labute approximate surface area is 229 Å². The zero-order valence-electron chi connectivity index (χ0n) is 19.5. The van der Waals surface area contributed by atoms with Gasteiger partial charge in [-0.15, -0.1) is 0 Å². The first-order valence-corrected chi connectivity index (χ1v) is 13.0. The molecule has 180 valence electrons. The Kier molecular flexibility index (Phi) is 6.15. The number of benzene rings is 3. The van der Waals surface area contributed by atoms with Crippen molar-refractivity contribution in [2.75, 3.05) is 0 Å². The molecule has 2 aliphatic rings. The van der Waals surface area contributed by atoms with Gasteiger partial charge in [-0.05, 0) is 47.4 Å². The van der Waals surface area contributed by atoms with Crippen LogP contribution >= 0.6 is 7.14 Å². The first kappa shape index (κ1) is 24.8. The van der Waals surface area contributed by atoms with Crippen molar-refractivity contribution in [2.45, 2.75) is 20.3 Å². The number of furan rings is 1. The van der Waals surface area contributed by atoms with Crippen LogP contribution in [0.3, 0.4) is 0 Å². The number of hydrogen-bond acceptors (Lipinski definition) is 4. The van der Waals surface area contributed by atoms with E-state index < -0.39 is 7.14 Å². The Morgan fingerprint density at radius 1 is 0.861 bits per heavy atom. The fraction of sp³-hybridized carbons (Fsp3) is 0.107. The van der Waals surface area contributed by atoms with Crippen LogP contribution in [0.2, 0.25) is 0 Å². The molecule has 0 aliphatic carbocycles. The molecule has 0 bridgehead atoms. The Morgan fingerprint density at radius 3 is 2.42 bits per heavy atom. The molecule has 0 radical (unpaired) electrons. The van der Waals surface area contributed by atoms with Crippen LogP contribution in [0.5, 0.6) is 0 Å². The second-order valence-electron chi connectivity index (χ2n) is 9.01. The van der Waals surface area contributed by atoms with E-state index in [1.807, 2.05) is 78.3 Å². The normalized spacial score (nSPS) is 18.0. The molecular weight excluding hydrogens is 672 g/mol. The van der Waals surface area contributed by atoms with Gasteiger partial charge in [-0.1, -0.05) is 47.1 Å². The summed E-state index contributed by atoms with van der Waals surface area (Å²) >= 11 is 0. The third-order valence-corrected chi connectivity index (χ3v) is 9.81. The number of para-hydroxylation sites is 1. The van der Waals surface area contributed by atoms with Crippen LogP contribution in [0.1, 0.15) is 20.3 Å². The third kappa shape index (κ3) is 3.41. The molecule has 3 aromatic carbocycles. The van der Waals surface area contributed by atoms with Gasteiger partial charge in [0, 0.05) is 40.4 Å². The molecule has 2 aromatic heterocycles. The predicted molar refractivity (Wildman–Crippen MR) is 138 cm³/mol. The second kappa shape index (κ2) is 8.92. The van der Waals surface area contributed by atoms with E-state index in [0.29, 0.717) is 11.1 Å². The van der Waals surface area contributed by atoms with Crippen molar-refractivity contribution in [2.24, 2.45) is 5.10 Å². The number of nitrogens with zero attached hydrogens (tertiary/aromatic N) is 3. The average molecular weight is 693 g/mol. The Morgan fingerprint density at radius 2 is 1.61 bits per heavy atom. The number of fused-ring (bicyclic) bond motifs is 6. The van der Waals surface area contributed by atoms with Gasteiger partial charge in [0.2, 0.25) is 11.4 Å². The number of halogens is 1. The number of pyridine rings is 1. The summed E-state index contributed by atoms with van der Waals surface area (Å²) in [5.74, 6) is 0. The summed E-state index contributed by atoms with van der Waals surface area (Å²) in [7, 11) is -3.21. The number of rotatable bonds is 2. The first-order valence-electron chi connectivity index (χ1n) is 11.3. The molecule has 0 spiro atoms. The first-order chi connectivity index (χ1) is 16.5. The molecule has 5 aromatic rings. The molecule has 0 saturated carbocycles. The van der Waals surface area contributed by atoms with Gasteiger partial charge in [0.25, 0.3) is 0 Å². The van der Waals surface area contributed by atoms with Gasteiger partial charge in [-0.2, -0.15) is 0 Å². The van der Waals surface area contributed by atoms with Gasteiger partial charge in [-0.3, -0.25) is 0 Å². The maximum absolute atomic E-state index is 15.1. The van der Waals surface area contributed by atoms with Crippen molar-refractivity contribution in [1.29, 1.82) is 0 Å². The van der Waals surface area contributed by atoms with Crippen molar-refractivity contribution in [3.63, 3.8) is 0 Å². The molecule has 7 rings (SSSR count). The number of hydrogen-bond donors (Lipinski definition) is 0. The predicted octanol–water partition coefficient (Wildman–Crippen LogP) is 2.49. The largest absolute Gasteiger partial charge is 2.00 e. The van der Waals surface area contributed by atoms with Crippen molar-refractivity contribution in [3.05, 3.63) is 78.9 Å². The minimum absolute atomic E-state index is 0. The van der Waals surface area contributed by atoms with E-state index in [1.165, 1.54) is 0 Å². The van der Waals surface area contributed by atoms with E-state index in [9.17, 15) is 0 Å². The monoisotopic (exact) mass is 692 g/mol. The zero-order valence-corrected chi connectivity index (χ0v) is 23.4. The van der Waals surface area contributed by atoms with Gasteiger partial charge < -0.3 is 21.4 Å². The summed E-state index contributed by atoms with van der Waals surface area (Å²) in [5.41, 5.74) is 6.98. The molecule has 1 atom stereocenters. The number of hydrazone groups is 1. The van der Waals surface area contributed by atoms with E-state index in [1.54, 1.807) is 0 Å². The molecule has 0 N–H and O–H groups in total. The van der Waals surface area contributed by atoms with Crippen molar-refractivity contribution in [3.8, 4) is 11.1 Å². The van der Waals surface area contributed by atoms with Crippen LogP contribution in [0.15, 0.2) is 88.4 Å². The molecule has 0 amide bonds. The quantitative estimate of drug-likeness (QED) is 0.207. The molecule has 36 heavy (non-hydrogen) atoms. The fourth-order valence-corrected chi connectivity index (χ4v) is 8.23. The summed E-state index contributed by atoms with van der Waals surface area (Å²) < 4.78 is 23.1. The molecule has 4 heterocycles. The van der Waals surface area contributed by atoms with Crippen molar-refractivity contribution < 1.29 is 47.1 Å². The van der Waals surface area contributed by atoms with Crippen LogP contribution in [0.25, 0.3) is 33.2 Å². The van der Waals surface area contributed by atoms with Crippen molar-refractivity contribution >= 4 is 62.4 Å². The summed E-state index contributed by atoms with van der Waals surface area (Å²) in [4.78, 5) is 4.84. The zero-order chi connectivity index (χ0) is 23.0. The topological polar surface area (TPSA) is 58.5 Å². The molecule has 2 aliphatic heterocycles. The minimum Gasteiger partial charge on any atom is -1.00 e. The van der Waals surface area contributed by atoms with Gasteiger partial charge in [0.05, 0.1) is 12.1 Å². The average Bonchev–Trinajstić information content (AvgIpc) is 3.48. The Hall–Kier alpha value is -2.84. The molecule has 1 unspecified atom stereocenters. The van der Waals surface area contributed by atoms with Crippen LogP contribution < -0.4 is 28.5 Å². The van der Waals surface area contributed by atoms with Crippen LogP contribution in [-0.4, -0.2) is 21.1 Å². The molecule has 0 saturated heterocycles. The van der Waals surface area contributed by atoms with Gasteiger partial charge >= 0.3 is 21.1 Å². The fourth-order valence-electron chi connectivity index (χ4n) is 5.28. The summed E-state index contributed by atoms with van der Waals surface area (Å²) in [5, 5.41) is 8.27. The molecule has 8 heteroatoms. The van der Waals surface area contributed by atoms with E-state index in [0.717, 1.165) is 61.6 Å². The molecular formula is C28H21ClN3O2PPt+2. The van der Waals surface area contributed by atoms with Crippen LogP contribution in [0.4, 0.5) is 5.69 Å². The SMILES string of the molecule is CC1=N[N+](c2ccc3c(c2)P(=O)(c2ccc4c(n2)oc2ccccc24)c2ccccc2-3)=C(C)C1.[Cl-].[Pt+2]. The van der Waals surface area contributed by atoms with E-state index >= 15 is 4.57 Å². The Bertz CT molecular complexity index is 1810. The summed E-state index contributed by atoms with van der Waals surface area (Å²) in [6.07, 6.45) is 0.846. The van der Waals surface area contributed by atoms with E-state index in [2.05, 4.69) is 19.1 Å². The number of aromatic nitrogens is 1. The van der Waals surface area contributed by atoms with E-state index in [-0.39, 0.29) is 33.5 Å². The Balaban J connectivity index is 0.00000133. The van der Waals surface area contributed by atoms with E-state index in [4.69, 9.17) is 14.5 Å². The standard InChI is InChI=1S/C28H21N3O2P.ClH.Pt/c1-17-15-18(2)31(30-17)19-11-12-22-21-8-4-6-10-25(21)34(32,26(22)16-19)27-14-13-23-20-7-3-5-9-24(20)33-28(23)29-27;;/h3-14,16H,15H2,1-2H3;1H;/q+1;;+2/p-1. The molecule has 5 nitrogen and oxygen atoms in total. The maximum atomic E-state index is 15.1. The summed E-state index contributed by atoms with van der Waals surface area (Å²) in [6.45, 7) is 4.11. The minimum atomic E-state index is -3.21.